The molecule has 0 radical (unpaired) electrons. The summed E-state index contributed by atoms with van der Waals surface area (Å²) in [6.45, 7) is -1.15. The first-order valence-corrected chi connectivity index (χ1v) is 3.47. The number of ether oxygens (including phenoxy) is 1. The lowest BCUT2D eigenvalue weighted by Crippen LogP contribution is -2.56. The first kappa shape index (κ1) is 9.79. The lowest BCUT2D eigenvalue weighted by molar-refractivity contribution is -0.271. The van der Waals surface area contributed by atoms with E-state index in [0.717, 1.165) is 0 Å². The molecule has 0 spiro atoms. The van der Waals surface area contributed by atoms with Crippen molar-refractivity contribution < 1.29 is 28.8 Å². The smallest absolute Gasteiger partial charge is 0.184 e. The van der Waals surface area contributed by atoms with Crippen molar-refractivity contribution in [1.82, 2.24) is 0 Å². The van der Waals surface area contributed by atoms with E-state index in [2.05, 4.69) is 4.74 Å². The van der Waals surface area contributed by atoms with E-state index >= 15 is 0 Å². The van der Waals surface area contributed by atoms with Crippen LogP contribution in [0.3, 0.4) is 0 Å². The third-order valence-electron chi connectivity index (χ3n) is 1.79. The summed E-state index contributed by atoms with van der Waals surface area (Å²) in [5.74, 6) is 0. The molecule has 1 aliphatic heterocycles. The quantitative estimate of drug-likeness (QED) is 0.475. The standard InChI is InChI=1S/C6H10F2O4/c7-1-2-3(8)4(9)5(10)6(11)12-2/h2-6,9-11H,1H2/t2-,3+,4-,5+,6+/m1/s1. The molecular weight excluding hydrogens is 174 g/mol. The topological polar surface area (TPSA) is 69.9 Å². The van der Waals surface area contributed by atoms with Gasteiger partial charge in [-0.05, 0) is 0 Å². The average molecular weight is 184 g/mol. The zero-order chi connectivity index (χ0) is 9.30. The van der Waals surface area contributed by atoms with Gasteiger partial charge in [0.15, 0.2) is 12.5 Å². The number of hydrogen-bond donors (Lipinski definition) is 3. The Balaban J connectivity index is 2.63. The van der Waals surface area contributed by atoms with Gasteiger partial charge in [0.05, 0.1) is 0 Å². The molecule has 0 aromatic heterocycles. The Labute approximate surface area is 67.4 Å². The molecule has 1 saturated heterocycles. The van der Waals surface area contributed by atoms with Gasteiger partial charge < -0.3 is 20.1 Å². The number of aliphatic hydroxyl groups excluding tert-OH is 3. The van der Waals surface area contributed by atoms with Crippen LogP contribution in [0.1, 0.15) is 0 Å². The van der Waals surface area contributed by atoms with Gasteiger partial charge in [-0.2, -0.15) is 0 Å². The van der Waals surface area contributed by atoms with Crippen LogP contribution in [0.5, 0.6) is 0 Å². The van der Waals surface area contributed by atoms with Gasteiger partial charge in [-0.15, -0.1) is 0 Å². The zero-order valence-electron chi connectivity index (χ0n) is 6.10. The molecule has 4 nitrogen and oxygen atoms in total. The fourth-order valence-electron chi connectivity index (χ4n) is 1.03. The van der Waals surface area contributed by atoms with E-state index in [1.54, 1.807) is 0 Å². The number of rotatable bonds is 1. The normalized spacial score (nSPS) is 49.2. The summed E-state index contributed by atoms with van der Waals surface area (Å²) in [4.78, 5) is 0. The summed E-state index contributed by atoms with van der Waals surface area (Å²) in [6.07, 6.45) is -8.75. The highest BCUT2D eigenvalue weighted by molar-refractivity contribution is 4.88. The van der Waals surface area contributed by atoms with Crippen molar-refractivity contribution in [2.75, 3.05) is 6.67 Å². The van der Waals surface area contributed by atoms with Crippen LogP contribution in [0, 0.1) is 0 Å². The van der Waals surface area contributed by atoms with Gasteiger partial charge in [-0.1, -0.05) is 0 Å². The number of alkyl halides is 2. The largest absolute Gasteiger partial charge is 0.387 e. The minimum absolute atomic E-state index is 1.15. The molecule has 5 atom stereocenters. The maximum absolute atomic E-state index is 12.8. The van der Waals surface area contributed by atoms with Crippen LogP contribution in [0.4, 0.5) is 8.78 Å². The van der Waals surface area contributed by atoms with Gasteiger partial charge in [0.25, 0.3) is 0 Å². The van der Waals surface area contributed by atoms with Crippen molar-refractivity contribution in [2.45, 2.75) is 30.8 Å². The summed E-state index contributed by atoms with van der Waals surface area (Å²) in [7, 11) is 0. The predicted molar refractivity (Wildman–Crippen MR) is 33.8 cm³/mol. The Kier molecular flexibility index (Phi) is 2.94. The molecule has 0 aliphatic carbocycles. The number of halogens is 2. The van der Waals surface area contributed by atoms with Gasteiger partial charge in [-0.25, -0.2) is 8.78 Å². The van der Waals surface area contributed by atoms with Crippen molar-refractivity contribution in [1.29, 1.82) is 0 Å². The van der Waals surface area contributed by atoms with E-state index in [-0.39, 0.29) is 0 Å². The van der Waals surface area contributed by atoms with Crippen LogP contribution in [0.25, 0.3) is 0 Å². The van der Waals surface area contributed by atoms with Gasteiger partial charge in [0.1, 0.15) is 25.0 Å². The highest BCUT2D eigenvalue weighted by atomic mass is 19.1. The third-order valence-corrected chi connectivity index (χ3v) is 1.79. The fraction of sp³-hybridized carbons (Fsp3) is 1.00. The predicted octanol–water partition coefficient (Wildman–Crippen LogP) is -1.27. The van der Waals surface area contributed by atoms with Gasteiger partial charge in [0.2, 0.25) is 0 Å². The lowest BCUT2D eigenvalue weighted by atomic mass is 10.0. The summed E-state index contributed by atoms with van der Waals surface area (Å²) < 4.78 is 29.0. The molecule has 0 bridgehead atoms. The van der Waals surface area contributed by atoms with E-state index < -0.39 is 37.4 Å². The molecule has 0 aromatic carbocycles. The minimum atomic E-state index is -2.01. The fourth-order valence-corrected chi connectivity index (χ4v) is 1.03. The van der Waals surface area contributed by atoms with Crippen LogP contribution in [-0.4, -0.2) is 52.8 Å². The Morgan fingerprint density at radius 2 is 1.75 bits per heavy atom. The summed E-state index contributed by atoms with van der Waals surface area (Å²) in [5.41, 5.74) is 0. The maximum atomic E-state index is 12.8. The SMILES string of the molecule is O[C@H]1[C@H](O)[C@@H](O)O[C@H](CF)[C@@H]1F. The number of aliphatic hydroxyl groups is 3. The number of hydrogen-bond acceptors (Lipinski definition) is 4. The highest BCUT2D eigenvalue weighted by Gasteiger charge is 2.44. The zero-order valence-corrected chi connectivity index (χ0v) is 6.10. The summed E-state index contributed by atoms with van der Waals surface area (Å²) in [6, 6.07) is 0. The molecule has 0 unspecified atom stereocenters. The maximum Gasteiger partial charge on any atom is 0.184 e. The Hall–Kier alpha value is -0.300. The molecule has 1 rings (SSSR count). The minimum Gasteiger partial charge on any atom is -0.387 e. The van der Waals surface area contributed by atoms with Crippen molar-refractivity contribution in [3.05, 3.63) is 0 Å². The van der Waals surface area contributed by atoms with Crippen molar-refractivity contribution in [3.8, 4) is 0 Å². The second kappa shape index (κ2) is 3.61. The van der Waals surface area contributed by atoms with Crippen molar-refractivity contribution in [2.24, 2.45) is 0 Å². The van der Waals surface area contributed by atoms with Crippen molar-refractivity contribution >= 4 is 0 Å². The van der Waals surface area contributed by atoms with E-state index in [4.69, 9.17) is 15.3 Å². The lowest BCUT2D eigenvalue weighted by Gasteiger charge is -2.35. The highest BCUT2D eigenvalue weighted by Crippen LogP contribution is 2.22. The van der Waals surface area contributed by atoms with Gasteiger partial charge in [-0.3, -0.25) is 0 Å². The van der Waals surface area contributed by atoms with E-state index in [1.807, 2.05) is 0 Å². The van der Waals surface area contributed by atoms with Crippen LogP contribution in [0.15, 0.2) is 0 Å². The third kappa shape index (κ3) is 1.56. The van der Waals surface area contributed by atoms with E-state index in [9.17, 15) is 8.78 Å². The van der Waals surface area contributed by atoms with Crippen LogP contribution in [0.2, 0.25) is 0 Å². The Bertz CT molecular complexity index is 152. The van der Waals surface area contributed by atoms with Crippen LogP contribution in [-0.2, 0) is 4.74 Å². The second-order valence-corrected chi connectivity index (χ2v) is 2.65. The molecule has 0 saturated carbocycles. The molecule has 0 aromatic rings. The molecule has 6 heteroatoms. The Morgan fingerprint density at radius 1 is 1.17 bits per heavy atom. The molecule has 1 fully saturated rings. The van der Waals surface area contributed by atoms with Crippen LogP contribution < -0.4 is 0 Å². The molecule has 0 amide bonds. The summed E-state index contributed by atoms with van der Waals surface area (Å²) >= 11 is 0. The molecule has 3 N–H and O–H groups in total. The second-order valence-electron chi connectivity index (χ2n) is 2.65. The van der Waals surface area contributed by atoms with Crippen molar-refractivity contribution in [3.63, 3.8) is 0 Å². The monoisotopic (exact) mass is 184 g/mol. The van der Waals surface area contributed by atoms with E-state index in [1.165, 1.54) is 0 Å². The molecule has 1 heterocycles. The summed E-state index contributed by atoms with van der Waals surface area (Å²) in [5, 5.41) is 26.5. The first-order valence-electron chi connectivity index (χ1n) is 3.47. The molecule has 12 heavy (non-hydrogen) atoms. The first-order chi connectivity index (χ1) is 5.57. The van der Waals surface area contributed by atoms with Crippen LogP contribution >= 0.6 is 0 Å². The molecular formula is C6H10F2O4. The average Bonchev–Trinajstić information content (AvgIpc) is 2.08. The van der Waals surface area contributed by atoms with Gasteiger partial charge in [0, 0.05) is 0 Å². The van der Waals surface area contributed by atoms with Gasteiger partial charge >= 0.3 is 0 Å². The molecule has 72 valence electrons. The van der Waals surface area contributed by atoms with E-state index in [0.29, 0.717) is 0 Å². The Morgan fingerprint density at radius 3 is 2.25 bits per heavy atom. The molecule has 1 aliphatic rings.